The van der Waals surface area contributed by atoms with Gasteiger partial charge in [-0.15, -0.1) is 0 Å². The summed E-state index contributed by atoms with van der Waals surface area (Å²) in [6.07, 6.45) is 0.938. The molecule has 2 atom stereocenters. The Morgan fingerprint density at radius 3 is 2.65 bits per heavy atom. The van der Waals surface area contributed by atoms with E-state index in [0.29, 0.717) is 13.0 Å². The summed E-state index contributed by atoms with van der Waals surface area (Å²) in [6, 6.07) is 6.70. The molecule has 20 heavy (non-hydrogen) atoms. The second-order valence-electron chi connectivity index (χ2n) is 4.71. The molecule has 1 aliphatic heterocycles. The molecule has 2 rings (SSSR count). The van der Waals surface area contributed by atoms with E-state index in [4.69, 9.17) is 9.84 Å². The number of carbonyl (C=O) groups excluding carboxylic acids is 1. The Labute approximate surface area is 125 Å². The molecule has 0 spiro atoms. The van der Waals surface area contributed by atoms with Crippen molar-refractivity contribution >= 4 is 27.8 Å². The lowest BCUT2D eigenvalue weighted by Crippen LogP contribution is -2.37. The number of ether oxygens (including phenoxy) is 1. The molecule has 108 valence electrons. The quantitative estimate of drug-likeness (QED) is 0.861. The van der Waals surface area contributed by atoms with Crippen molar-refractivity contribution in [3.05, 3.63) is 34.3 Å². The number of benzene rings is 1. The lowest BCUT2D eigenvalue weighted by molar-refractivity contribution is -0.138. The molecule has 0 saturated carbocycles. The van der Waals surface area contributed by atoms with Gasteiger partial charge in [-0.1, -0.05) is 28.1 Å². The van der Waals surface area contributed by atoms with E-state index >= 15 is 0 Å². The highest BCUT2D eigenvalue weighted by Gasteiger charge is 2.27. The standard InChI is InChI=1S/C14H16BrNO4/c15-10-5-3-9(4-6-10)11(8-13(17)18)16-14(19)12-2-1-7-20-12/h3-6,11-12H,1-2,7-8H2,(H,16,19)(H,17,18)/t11-,12+/m1/s1. The van der Waals surface area contributed by atoms with Gasteiger partial charge in [-0.3, -0.25) is 9.59 Å². The van der Waals surface area contributed by atoms with Crippen LogP contribution in [0.25, 0.3) is 0 Å². The Bertz CT molecular complexity index is 482. The van der Waals surface area contributed by atoms with Crippen molar-refractivity contribution in [2.75, 3.05) is 6.61 Å². The van der Waals surface area contributed by atoms with Crippen molar-refractivity contribution < 1.29 is 19.4 Å². The molecular weight excluding hydrogens is 326 g/mol. The lowest BCUT2D eigenvalue weighted by Gasteiger charge is -2.19. The van der Waals surface area contributed by atoms with Crippen LogP contribution in [0.5, 0.6) is 0 Å². The molecule has 0 bridgehead atoms. The number of carbonyl (C=O) groups is 2. The Balaban J connectivity index is 2.08. The summed E-state index contributed by atoms with van der Waals surface area (Å²) in [5.41, 5.74) is 0.766. The van der Waals surface area contributed by atoms with E-state index in [-0.39, 0.29) is 12.3 Å². The highest BCUT2D eigenvalue weighted by molar-refractivity contribution is 9.10. The molecule has 0 aliphatic carbocycles. The summed E-state index contributed by atoms with van der Waals surface area (Å²) in [5.74, 6) is -1.19. The van der Waals surface area contributed by atoms with Gasteiger partial charge in [-0.25, -0.2) is 0 Å². The van der Waals surface area contributed by atoms with Crippen molar-refractivity contribution in [3.63, 3.8) is 0 Å². The van der Waals surface area contributed by atoms with Crippen LogP contribution in [0.2, 0.25) is 0 Å². The number of hydrogen-bond acceptors (Lipinski definition) is 3. The zero-order valence-electron chi connectivity index (χ0n) is 10.8. The van der Waals surface area contributed by atoms with Gasteiger partial charge in [0, 0.05) is 11.1 Å². The summed E-state index contributed by atoms with van der Waals surface area (Å²) < 4.78 is 6.21. The van der Waals surface area contributed by atoms with E-state index < -0.39 is 18.1 Å². The summed E-state index contributed by atoms with van der Waals surface area (Å²) in [6.45, 7) is 0.583. The molecule has 0 unspecified atom stereocenters. The van der Waals surface area contributed by atoms with E-state index in [1.165, 1.54) is 0 Å². The van der Waals surface area contributed by atoms with Crippen LogP contribution >= 0.6 is 15.9 Å². The molecule has 0 aromatic heterocycles. The predicted octanol–water partition coefficient (Wildman–Crippen LogP) is 2.26. The summed E-state index contributed by atoms with van der Waals surface area (Å²) in [7, 11) is 0. The Morgan fingerprint density at radius 2 is 2.10 bits per heavy atom. The van der Waals surface area contributed by atoms with Crippen molar-refractivity contribution in [3.8, 4) is 0 Å². The highest BCUT2D eigenvalue weighted by atomic mass is 79.9. The maximum absolute atomic E-state index is 12.0. The van der Waals surface area contributed by atoms with Crippen molar-refractivity contribution in [1.29, 1.82) is 0 Å². The van der Waals surface area contributed by atoms with Crippen LogP contribution in [0.15, 0.2) is 28.7 Å². The average molecular weight is 342 g/mol. The van der Waals surface area contributed by atoms with Crippen LogP contribution in [0.3, 0.4) is 0 Å². The van der Waals surface area contributed by atoms with Crippen LogP contribution < -0.4 is 5.32 Å². The molecule has 5 nitrogen and oxygen atoms in total. The maximum atomic E-state index is 12.0. The molecule has 1 aromatic carbocycles. The molecule has 1 fully saturated rings. The van der Waals surface area contributed by atoms with Gasteiger partial charge in [0.05, 0.1) is 12.5 Å². The molecule has 1 saturated heterocycles. The molecule has 1 amide bonds. The van der Waals surface area contributed by atoms with Gasteiger partial charge < -0.3 is 15.2 Å². The van der Waals surface area contributed by atoms with Gasteiger partial charge in [-0.05, 0) is 30.5 Å². The Hall–Kier alpha value is -1.40. The topological polar surface area (TPSA) is 75.6 Å². The molecule has 2 N–H and O–H groups in total. The van der Waals surface area contributed by atoms with Crippen LogP contribution in [-0.4, -0.2) is 29.7 Å². The minimum atomic E-state index is -0.953. The van der Waals surface area contributed by atoms with E-state index in [1.54, 1.807) is 12.1 Å². The van der Waals surface area contributed by atoms with E-state index in [0.717, 1.165) is 16.5 Å². The molecule has 1 heterocycles. The number of amides is 1. The van der Waals surface area contributed by atoms with E-state index in [9.17, 15) is 9.59 Å². The van der Waals surface area contributed by atoms with Gasteiger partial charge in [0.2, 0.25) is 5.91 Å². The van der Waals surface area contributed by atoms with Gasteiger partial charge in [0.15, 0.2) is 0 Å². The number of aliphatic carboxylic acids is 1. The third-order valence-corrected chi connectivity index (χ3v) is 3.72. The van der Waals surface area contributed by atoms with Crippen LogP contribution in [0, 0.1) is 0 Å². The van der Waals surface area contributed by atoms with Gasteiger partial charge in [-0.2, -0.15) is 0 Å². The summed E-state index contributed by atoms with van der Waals surface area (Å²) in [4.78, 5) is 23.0. The molecule has 1 aromatic rings. The minimum Gasteiger partial charge on any atom is -0.481 e. The van der Waals surface area contributed by atoms with E-state index in [2.05, 4.69) is 21.2 Å². The predicted molar refractivity (Wildman–Crippen MR) is 76.3 cm³/mol. The summed E-state index contributed by atoms with van der Waals surface area (Å²) >= 11 is 3.33. The number of halogens is 1. The monoisotopic (exact) mass is 341 g/mol. The van der Waals surface area contributed by atoms with Crippen molar-refractivity contribution in [2.45, 2.75) is 31.4 Å². The third-order valence-electron chi connectivity index (χ3n) is 3.19. The zero-order valence-corrected chi connectivity index (χ0v) is 12.4. The number of carboxylic acid groups (broad SMARTS) is 1. The van der Waals surface area contributed by atoms with Crippen LogP contribution in [0.1, 0.15) is 30.9 Å². The smallest absolute Gasteiger partial charge is 0.305 e. The second-order valence-corrected chi connectivity index (χ2v) is 5.63. The van der Waals surface area contributed by atoms with Gasteiger partial charge in [0.1, 0.15) is 6.10 Å². The first-order chi connectivity index (χ1) is 9.56. The van der Waals surface area contributed by atoms with Crippen LogP contribution in [0.4, 0.5) is 0 Å². The molecule has 1 aliphatic rings. The second kappa shape index (κ2) is 6.85. The fourth-order valence-corrected chi connectivity index (χ4v) is 2.44. The SMILES string of the molecule is O=C(O)C[C@@H](NC(=O)[C@@H]1CCCO1)c1ccc(Br)cc1. The average Bonchev–Trinajstić information content (AvgIpc) is 2.92. The normalized spacial score (nSPS) is 19.6. The molecule has 6 heteroatoms. The van der Waals surface area contributed by atoms with Gasteiger partial charge >= 0.3 is 5.97 Å². The largest absolute Gasteiger partial charge is 0.481 e. The lowest BCUT2D eigenvalue weighted by atomic mass is 10.0. The third kappa shape index (κ3) is 4.05. The first-order valence-electron chi connectivity index (χ1n) is 6.45. The van der Waals surface area contributed by atoms with Crippen molar-refractivity contribution in [2.24, 2.45) is 0 Å². The molecule has 0 radical (unpaired) electrons. The fourth-order valence-electron chi connectivity index (χ4n) is 2.17. The Morgan fingerprint density at radius 1 is 1.40 bits per heavy atom. The number of hydrogen-bond donors (Lipinski definition) is 2. The number of nitrogens with one attached hydrogen (secondary N) is 1. The first kappa shape index (κ1) is 15.0. The molecular formula is C14H16BrNO4. The highest BCUT2D eigenvalue weighted by Crippen LogP contribution is 2.21. The first-order valence-corrected chi connectivity index (χ1v) is 7.25. The van der Waals surface area contributed by atoms with Gasteiger partial charge in [0.25, 0.3) is 0 Å². The number of carboxylic acids is 1. The number of rotatable bonds is 5. The Kier molecular flexibility index (Phi) is 5.14. The summed E-state index contributed by atoms with van der Waals surface area (Å²) in [5, 5.41) is 11.8. The van der Waals surface area contributed by atoms with E-state index in [1.807, 2.05) is 12.1 Å². The minimum absolute atomic E-state index is 0.153. The zero-order chi connectivity index (χ0) is 14.5. The fraction of sp³-hybridized carbons (Fsp3) is 0.429. The van der Waals surface area contributed by atoms with Crippen LogP contribution in [-0.2, 0) is 14.3 Å². The maximum Gasteiger partial charge on any atom is 0.305 e. The van der Waals surface area contributed by atoms with Crippen molar-refractivity contribution in [1.82, 2.24) is 5.32 Å².